The van der Waals surface area contributed by atoms with E-state index in [1.54, 1.807) is 16.9 Å². The van der Waals surface area contributed by atoms with Gasteiger partial charge in [-0.25, -0.2) is 0 Å². The fourth-order valence-corrected chi connectivity index (χ4v) is 1.73. The molecule has 1 unspecified atom stereocenters. The molecule has 4 heteroatoms. The number of aliphatic hydroxyl groups is 1. The van der Waals surface area contributed by atoms with Crippen LogP contribution >= 0.6 is 0 Å². The van der Waals surface area contributed by atoms with Gasteiger partial charge in [-0.05, 0) is 31.0 Å². The number of rotatable bonds is 2. The van der Waals surface area contributed by atoms with Crippen molar-refractivity contribution in [2.75, 3.05) is 0 Å². The molecule has 0 aromatic carbocycles. The van der Waals surface area contributed by atoms with E-state index in [0.29, 0.717) is 11.4 Å². The van der Waals surface area contributed by atoms with Gasteiger partial charge in [0.25, 0.3) is 0 Å². The predicted molar refractivity (Wildman–Crippen MR) is 61.0 cm³/mol. The average Bonchev–Trinajstić information content (AvgIpc) is 2.64. The van der Waals surface area contributed by atoms with E-state index in [2.05, 4.69) is 10.1 Å². The molecule has 2 aromatic rings. The van der Waals surface area contributed by atoms with E-state index in [-0.39, 0.29) is 0 Å². The Balaban J connectivity index is 2.37. The van der Waals surface area contributed by atoms with E-state index in [9.17, 15) is 5.11 Å². The lowest BCUT2D eigenvalue weighted by Gasteiger charge is -2.10. The van der Waals surface area contributed by atoms with E-state index in [1.807, 2.05) is 33.2 Å². The zero-order valence-electron chi connectivity index (χ0n) is 9.68. The van der Waals surface area contributed by atoms with Crippen molar-refractivity contribution in [3.8, 4) is 0 Å². The molecule has 0 saturated heterocycles. The third kappa shape index (κ3) is 1.97. The number of hydrogen-bond acceptors (Lipinski definition) is 3. The van der Waals surface area contributed by atoms with Gasteiger partial charge in [0.15, 0.2) is 0 Å². The highest BCUT2D eigenvalue weighted by molar-refractivity contribution is 5.28. The van der Waals surface area contributed by atoms with Gasteiger partial charge in [0.1, 0.15) is 6.10 Å². The molecule has 16 heavy (non-hydrogen) atoms. The highest BCUT2D eigenvalue weighted by Gasteiger charge is 2.16. The first-order valence-corrected chi connectivity index (χ1v) is 5.18. The maximum Gasteiger partial charge on any atom is 0.140 e. The Bertz CT molecular complexity index is 505. The molecule has 0 spiro atoms. The first-order valence-electron chi connectivity index (χ1n) is 5.18. The largest absolute Gasteiger partial charge is 0.380 e. The standard InChI is InChI=1S/C12H15N3O/c1-8-6-9(2)11(13-7-8)12(16)10-4-5-15(3)14-10/h4-7,12,16H,1-3H3. The highest BCUT2D eigenvalue weighted by atomic mass is 16.3. The second-order valence-corrected chi connectivity index (χ2v) is 4.03. The van der Waals surface area contributed by atoms with E-state index in [0.717, 1.165) is 11.1 Å². The van der Waals surface area contributed by atoms with Gasteiger partial charge in [0, 0.05) is 19.4 Å². The van der Waals surface area contributed by atoms with Crippen LogP contribution in [0.3, 0.4) is 0 Å². The van der Waals surface area contributed by atoms with Crippen molar-refractivity contribution in [1.82, 2.24) is 14.8 Å². The topological polar surface area (TPSA) is 50.9 Å². The van der Waals surface area contributed by atoms with Crippen LogP contribution in [-0.4, -0.2) is 19.9 Å². The molecule has 2 rings (SSSR count). The number of aryl methyl sites for hydroxylation is 3. The van der Waals surface area contributed by atoms with E-state index < -0.39 is 6.10 Å². The summed E-state index contributed by atoms with van der Waals surface area (Å²) in [5, 5.41) is 14.3. The van der Waals surface area contributed by atoms with E-state index in [1.165, 1.54) is 0 Å². The van der Waals surface area contributed by atoms with Crippen molar-refractivity contribution in [3.63, 3.8) is 0 Å². The lowest BCUT2D eigenvalue weighted by Crippen LogP contribution is -2.06. The molecule has 4 nitrogen and oxygen atoms in total. The van der Waals surface area contributed by atoms with Crippen LogP contribution in [0.2, 0.25) is 0 Å². The van der Waals surface area contributed by atoms with Crippen molar-refractivity contribution in [2.24, 2.45) is 7.05 Å². The number of aliphatic hydroxyl groups excluding tert-OH is 1. The van der Waals surface area contributed by atoms with Crippen LogP contribution in [0.1, 0.15) is 28.6 Å². The van der Waals surface area contributed by atoms with Crippen LogP contribution in [-0.2, 0) is 7.05 Å². The molecular weight excluding hydrogens is 202 g/mol. The lowest BCUT2D eigenvalue weighted by atomic mass is 10.1. The quantitative estimate of drug-likeness (QED) is 0.829. The van der Waals surface area contributed by atoms with Crippen LogP contribution in [0.5, 0.6) is 0 Å². The summed E-state index contributed by atoms with van der Waals surface area (Å²) in [7, 11) is 1.83. The molecule has 84 valence electrons. The summed E-state index contributed by atoms with van der Waals surface area (Å²) >= 11 is 0. The molecule has 0 radical (unpaired) electrons. The molecule has 0 amide bonds. The SMILES string of the molecule is Cc1cnc(C(O)c2ccn(C)n2)c(C)c1. The van der Waals surface area contributed by atoms with E-state index in [4.69, 9.17) is 0 Å². The van der Waals surface area contributed by atoms with Gasteiger partial charge in [-0.1, -0.05) is 6.07 Å². The first-order chi connectivity index (χ1) is 7.58. The van der Waals surface area contributed by atoms with Crippen LogP contribution < -0.4 is 0 Å². The van der Waals surface area contributed by atoms with Gasteiger partial charge >= 0.3 is 0 Å². The molecule has 1 N–H and O–H groups in total. The minimum absolute atomic E-state index is 0.627. The summed E-state index contributed by atoms with van der Waals surface area (Å²) < 4.78 is 1.67. The van der Waals surface area contributed by atoms with Gasteiger partial charge in [-0.15, -0.1) is 0 Å². The summed E-state index contributed by atoms with van der Waals surface area (Å²) in [5.74, 6) is 0. The Morgan fingerprint density at radius 3 is 2.69 bits per heavy atom. The minimum Gasteiger partial charge on any atom is -0.380 e. The summed E-state index contributed by atoms with van der Waals surface area (Å²) in [6.07, 6.45) is 2.82. The van der Waals surface area contributed by atoms with Gasteiger partial charge in [-0.2, -0.15) is 5.10 Å². The summed E-state index contributed by atoms with van der Waals surface area (Å²) in [6, 6.07) is 3.81. The molecule has 2 aromatic heterocycles. The minimum atomic E-state index is -0.748. The molecule has 0 saturated carbocycles. The van der Waals surface area contributed by atoms with Crippen molar-refractivity contribution in [2.45, 2.75) is 20.0 Å². The second-order valence-electron chi connectivity index (χ2n) is 4.03. The Morgan fingerprint density at radius 2 is 2.12 bits per heavy atom. The monoisotopic (exact) mass is 217 g/mol. The Morgan fingerprint density at radius 1 is 1.38 bits per heavy atom. The molecule has 0 fully saturated rings. The van der Waals surface area contributed by atoms with Gasteiger partial charge in [0.2, 0.25) is 0 Å². The Kier molecular flexibility index (Phi) is 2.75. The van der Waals surface area contributed by atoms with Crippen LogP contribution in [0, 0.1) is 13.8 Å². The summed E-state index contributed by atoms with van der Waals surface area (Å²) in [4.78, 5) is 4.26. The maximum atomic E-state index is 10.1. The average molecular weight is 217 g/mol. The van der Waals surface area contributed by atoms with Crippen molar-refractivity contribution in [1.29, 1.82) is 0 Å². The van der Waals surface area contributed by atoms with Crippen molar-refractivity contribution >= 4 is 0 Å². The Hall–Kier alpha value is -1.68. The molecule has 0 bridgehead atoms. The number of hydrogen-bond donors (Lipinski definition) is 1. The van der Waals surface area contributed by atoms with Crippen LogP contribution in [0.4, 0.5) is 0 Å². The molecule has 1 atom stereocenters. The highest BCUT2D eigenvalue weighted by Crippen LogP contribution is 2.21. The fourth-order valence-electron chi connectivity index (χ4n) is 1.73. The van der Waals surface area contributed by atoms with Crippen LogP contribution in [0.25, 0.3) is 0 Å². The van der Waals surface area contributed by atoms with Gasteiger partial charge in [-0.3, -0.25) is 9.67 Å². The van der Waals surface area contributed by atoms with Crippen LogP contribution in [0.15, 0.2) is 24.5 Å². The maximum absolute atomic E-state index is 10.1. The predicted octanol–water partition coefficient (Wildman–Crippen LogP) is 1.51. The molecule has 0 aliphatic heterocycles. The van der Waals surface area contributed by atoms with Gasteiger partial charge in [0.05, 0.1) is 11.4 Å². The smallest absolute Gasteiger partial charge is 0.140 e. The molecular formula is C12H15N3O. The summed E-state index contributed by atoms with van der Waals surface area (Å²) in [6.45, 7) is 3.93. The summed E-state index contributed by atoms with van der Waals surface area (Å²) in [5.41, 5.74) is 3.37. The Labute approximate surface area is 94.6 Å². The fraction of sp³-hybridized carbons (Fsp3) is 0.333. The lowest BCUT2D eigenvalue weighted by molar-refractivity contribution is 0.208. The third-order valence-corrected chi connectivity index (χ3v) is 2.53. The van der Waals surface area contributed by atoms with Crippen molar-refractivity contribution < 1.29 is 5.11 Å². The van der Waals surface area contributed by atoms with Crippen molar-refractivity contribution in [3.05, 3.63) is 47.0 Å². The normalized spacial score (nSPS) is 12.8. The molecule has 0 aliphatic carbocycles. The number of pyridine rings is 1. The number of nitrogens with zero attached hydrogens (tertiary/aromatic N) is 3. The molecule has 0 aliphatic rings. The molecule has 2 heterocycles. The van der Waals surface area contributed by atoms with Gasteiger partial charge < -0.3 is 5.11 Å². The number of aromatic nitrogens is 3. The second kappa shape index (κ2) is 4.06. The van der Waals surface area contributed by atoms with E-state index >= 15 is 0 Å². The first kappa shape index (κ1) is 10.8. The third-order valence-electron chi connectivity index (χ3n) is 2.53. The zero-order chi connectivity index (χ0) is 11.7. The zero-order valence-corrected chi connectivity index (χ0v) is 9.68.